The smallest absolute Gasteiger partial charge is 0.305 e. The number of para-hydroxylation sites is 2. The van der Waals surface area contributed by atoms with E-state index in [0.717, 1.165) is 23.3 Å². The van der Waals surface area contributed by atoms with E-state index in [4.69, 9.17) is 10.1 Å². The zero-order valence-electron chi connectivity index (χ0n) is 12.2. The number of imidazole rings is 1. The van der Waals surface area contributed by atoms with Crippen LogP contribution in [0.25, 0.3) is 11.0 Å². The number of carboxylic acid groups (broad SMARTS) is 1. The molecule has 1 heterocycles. The van der Waals surface area contributed by atoms with Crippen molar-refractivity contribution >= 4 is 17.0 Å². The Kier molecular flexibility index (Phi) is 4.39. The van der Waals surface area contributed by atoms with Crippen LogP contribution in [0.15, 0.2) is 24.3 Å². The van der Waals surface area contributed by atoms with Gasteiger partial charge in [0.25, 0.3) is 0 Å². The molecule has 0 aliphatic carbocycles. The Morgan fingerprint density at radius 3 is 2.70 bits per heavy atom. The van der Waals surface area contributed by atoms with E-state index in [-0.39, 0.29) is 12.5 Å². The van der Waals surface area contributed by atoms with Gasteiger partial charge in [0.15, 0.2) is 0 Å². The van der Waals surface area contributed by atoms with E-state index in [1.165, 1.54) is 0 Å². The summed E-state index contributed by atoms with van der Waals surface area (Å²) in [4.78, 5) is 17.7. The molecule has 1 aromatic carbocycles. The highest BCUT2D eigenvalue weighted by atomic mass is 16.4. The molecule has 0 fully saturated rings. The molecule has 5 heteroatoms. The van der Waals surface area contributed by atoms with Crippen molar-refractivity contribution in [2.75, 3.05) is 14.1 Å². The average Bonchev–Trinajstić information content (AvgIpc) is 2.75. The molecule has 5 nitrogen and oxygen atoms in total. The number of carboxylic acids is 1. The standard InChI is InChI=1S/C15H21N3O2/c1-4-12(17(2)3)15-16-11-7-5-6-8-13(11)18(15)10-9-14(19)20/h5-8,12H,4,9-10H2,1-3H3,(H,19,20). The Morgan fingerprint density at radius 2 is 2.10 bits per heavy atom. The number of benzene rings is 1. The second-order valence-electron chi connectivity index (χ2n) is 5.14. The van der Waals surface area contributed by atoms with Gasteiger partial charge in [0.2, 0.25) is 0 Å². The Bertz CT molecular complexity index is 604. The number of aliphatic carboxylic acids is 1. The molecule has 108 valence electrons. The molecule has 1 unspecified atom stereocenters. The molecule has 0 amide bonds. The van der Waals surface area contributed by atoms with Gasteiger partial charge in [0.05, 0.1) is 23.5 Å². The van der Waals surface area contributed by atoms with Gasteiger partial charge in [0, 0.05) is 6.54 Å². The fourth-order valence-corrected chi connectivity index (χ4v) is 2.57. The molecule has 2 rings (SSSR count). The van der Waals surface area contributed by atoms with Crippen LogP contribution in [0.1, 0.15) is 31.6 Å². The monoisotopic (exact) mass is 275 g/mol. The lowest BCUT2D eigenvalue weighted by molar-refractivity contribution is -0.137. The van der Waals surface area contributed by atoms with Gasteiger partial charge >= 0.3 is 5.97 Å². The molecule has 0 aliphatic rings. The highest BCUT2D eigenvalue weighted by Gasteiger charge is 2.20. The first-order chi connectivity index (χ1) is 9.54. The summed E-state index contributed by atoms with van der Waals surface area (Å²) in [6, 6.07) is 8.07. The SMILES string of the molecule is CCC(c1nc2ccccc2n1CCC(=O)O)N(C)C. The number of aryl methyl sites for hydroxylation is 1. The number of hydrogen-bond donors (Lipinski definition) is 1. The van der Waals surface area contributed by atoms with E-state index in [0.29, 0.717) is 6.54 Å². The van der Waals surface area contributed by atoms with Gasteiger partial charge in [-0.05, 0) is 32.6 Å². The van der Waals surface area contributed by atoms with Crippen molar-refractivity contribution in [2.24, 2.45) is 0 Å². The molecule has 1 aromatic heterocycles. The highest BCUT2D eigenvalue weighted by Crippen LogP contribution is 2.26. The molecular weight excluding hydrogens is 254 g/mol. The average molecular weight is 275 g/mol. The van der Waals surface area contributed by atoms with Crippen LogP contribution in [-0.2, 0) is 11.3 Å². The number of rotatable bonds is 6. The molecule has 1 atom stereocenters. The van der Waals surface area contributed by atoms with E-state index in [2.05, 4.69) is 11.8 Å². The molecule has 0 aliphatic heterocycles. The van der Waals surface area contributed by atoms with Crippen molar-refractivity contribution in [3.8, 4) is 0 Å². The summed E-state index contributed by atoms with van der Waals surface area (Å²) in [5.74, 6) is 0.159. The highest BCUT2D eigenvalue weighted by molar-refractivity contribution is 5.76. The van der Waals surface area contributed by atoms with Gasteiger partial charge in [-0.1, -0.05) is 19.1 Å². The third kappa shape index (κ3) is 2.82. The molecule has 20 heavy (non-hydrogen) atoms. The fraction of sp³-hybridized carbons (Fsp3) is 0.467. The zero-order valence-corrected chi connectivity index (χ0v) is 12.2. The van der Waals surface area contributed by atoms with Gasteiger partial charge in [-0.25, -0.2) is 4.98 Å². The van der Waals surface area contributed by atoms with E-state index < -0.39 is 5.97 Å². The lowest BCUT2D eigenvalue weighted by Gasteiger charge is -2.23. The minimum atomic E-state index is -0.786. The topological polar surface area (TPSA) is 58.4 Å². The minimum absolute atomic E-state index is 0.108. The number of fused-ring (bicyclic) bond motifs is 1. The maximum Gasteiger partial charge on any atom is 0.305 e. The second-order valence-corrected chi connectivity index (χ2v) is 5.14. The lowest BCUT2D eigenvalue weighted by Crippen LogP contribution is -2.23. The quantitative estimate of drug-likeness (QED) is 0.880. The zero-order chi connectivity index (χ0) is 14.7. The molecule has 0 radical (unpaired) electrons. The van der Waals surface area contributed by atoms with Crippen LogP contribution in [-0.4, -0.2) is 39.6 Å². The summed E-state index contributed by atoms with van der Waals surface area (Å²) in [5, 5.41) is 8.94. The van der Waals surface area contributed by atoms with Crippen LogP contribution in [0.2, 0.25) is 0 Å². The first-order valence-corrected chi connectivity index (χ1v) is 6.88. The minimum Gasteiger partial charge on any atom is -0.481 e. The summed E-state index contributed by atoms with van der Waals surface area (Å²) < 4.78 is 2.04. The van der Waals surface area contributed by atoms with Crippen molar-refractivity contribution in [1.82, 2.24) is 14.5 Å². The number of carbonyl (C=O) groups is 1. The molecule has 0 spiro atoms. The summed E-state index contributed by atoms with van der Waals surface area (Å²) in [7, 11) is 4.05. The molecule has 1 N–H and O–H groups in total. The summed E-state index contributed by atoms with van der Waals surface area (Å²) in [6.07, 6.45) is 1.04. The van der Waals surface area contributed by atoms with E-state index in [1.54, 1.807) is 0 Å². The number of nitrogens with zero attached hydrogens (tertiary/aromatic N) is 3. The molecule has 0 saturated carbocycles. The normalized spacial score (nSPS) is 13.0. The van der Waals surface area contributed by atoms with E-state index in [9.17, 15) is 4.79 Å². The van der Waals surface area contributed by atoms with Gasteiger partial charge in [-0.3, -0.25) is 9.69 Å². The Hall–Kier alpha value is -1.88. The van der Waals surface area contributed by atoms with Gasteiger partial charge in [-0.2, -0.15) is 0 Å². The van der Waals surface area contributed by atoms with Gasteiger partial charge in [-0.15, -0.1) is 0 Å². The van der Waals surface area contributed by atoms with Crippen LogP contribution in [0, 0.1) is 0 Å². The van der Waals surface area contributed by atoms with Crippen molar-refractivity contribution in [1.29, 1.82) is 0 Å². The van der Waals surface area contributed by atoms with E-state index in [1.807, 2.05) is 42.9 Å². The summed E-state index contributed by atoms with van der Waals surface area (Å²) in [6.45, 7) is 2.57. The summed E-state index contributed by atoms with van der Waals surface area (Å²) in [5.41, 5.74) is 1.93. The number of aromatic nitrogens is 2. The maximum absolute atomic E-state index is 10.9. The first kappa shape index (κ1) is 14.5. The predicted octanol–water partition coefficient (Wildman–Crippen LogP) is 2.52. The Labute approximate surface area is 118 Å². The second kappa shape index (κ2) is 6.05. The largest absolute Gasteiger partial charge is 0.481 e. The van der Waals surface area contributed by atoms with E-state index >= 15 is 0 Å². The van der Waals surface area contributed by atoms with Crippen molar-refractivity contribution < 1.29 is 9.90 Å². The Morgan fingerprint density at radius 1 is 1.40 bits per heavy atom. The number of hydrogen-bond acceptors (Lipinski definition) is 3. The molecule has 0 bridgehead atoms. The third-order valence-corrected chi connectivity index (χ3v) is 3.54. The lowest BCUT2D eigenvalue weighted by atomic mass is 10.2. The van der Waals surface area contributed by atoms with Crippen molar-refractivity contribution in [3.05, 3.63) is 30.1 Å². The van der Waals surface area contributed by atoms with Crippen LogP contribution < -0.4 is 0 Å². The predicted molar refractivity (Wildman–Crippen MR) is 78.7 cm³/mol. The van der Waals surface area contributed by atoms with Crippen LogP contribution in [0.4, 0.5) is 0 Å². The third-order valence-electron chi connectivity index (χ3n) is 3.54. The molecular formula is C15H21N3O2. The molecule has 0 saturated heterocycles. The van der Waals surface area contributed by atoms with Crippen LogP contribution in [0.3, 0.4) is 0 Å². The van der Waals surface area contributed by atoms with Crippen molar-refractivity contribution in [3.63, 3.8) is 0 Å². The summed E-state index contributed by atoms with van der Waals surface area (Å²) >= 11 is 0. The molecule has 2 aromatic rings. The van der Waals surface area contributed by atoms with Crippen LogP contribution >= 0.6 is 0 Å². The maximum atomic E-state index is 10.9. The van der Waals surface area contributed by atoms with Crippen molar-refractivity contribution in [2.45, 2.75) is 32.4 Å². The first-order valence-electron chi connectivity index (χ1n) is 6.88. The van der Waals surface area contributed by atoms with Crippen LogP contribution in [0.5, 0.6) is 0 Å². The fourth-order valence-electron chi connectivity index (χ4n) is 2.57. The van der Waals surface area contributed by atoms with Gasteiger partial charge < -0.3 is 9.67 Å². The Balaban J connectivity index is 2.50. The van der Waals surface area contributed by atoms with Gasteiger partial charge in [0.1, 0.15) is 5.82 Å².